The zero-order chi connectivity index (χ0) is 20.7. The normalized spacial score (nSPS) is 15.5. The van der Waals surface area contributed by atoms with E-state index in [2.05, 4.69) is 5.32 Å². The van der Waals surface area contributed by atoms with Crippen LogP contribution in [0.3, 0.4) is 0 Å². The molecule has 1 amide bonds. The van der Waals surface area contributed by atoms with Gasteiger partial charge in [-0.3, -0.25) is 5.32 Å². The topological polar surface area (TPSA) is 47.6 Å². The fraction of sp³-hybridized carbons (Fsp3) is 0.318. The highest BCUT2D eigenvalue weighted by Crippen LogP contribution is 2.45. The Morgan fingerprint density at radius 1 is 1.07 bits per heavy atom. The quantitative estimate of drug-likeness (QED) is 0.680. The number of carbonyl (C=O) groups excluding carboxylic acids is 1. The summed E-state index contributed by atoms with van der Waals surface area (Å²) >= 11 is 0. The third-order valence-corrected chi connectivity index (χ3v) is 4.14. The summed E-state index contributed by atoms with van der Waals surface area (Å²) in [5.41, 5.74) is 0.0434. The number of ether oxygens (including phenoxy) is 2. The van der Waals surface area contributed by atoms with E-state index >= 15 is 4.39 Å². The van der Waals surface area contributed by atoms with Crippen LogP contribution in [-0.4, -0.2) is 17.3 Å². The first-order valence-corrected chi connectivity index (χ1v) is 8.96. The van der Waals surface area contributed by atoms with E-state index in [0.29, 0.717) is 28.1 Å². The molecule has 0 aromatic heterocycles. The zero-order valence-corrected chi connectivity index (χ0v) is 16.5. The molecule has 1 aliphatic rings. The molecule has 0 saturated heterocycles. The van der Waals surface area contributed by atoms with Crippen molar-refractivity contribution in [3.63, 3.8) is 0 Å². The van der Waals surface area contributed by atoms with Crippen molar-refractivity contribution < 1.29 is 23.0 Å². The van der Waals surface area contributed by atoms with Gasteiger partial charge in [0.2, 0.25) is 0 Å². The first-order valence-electron chi connectivity index (χ1n) is 8.96. The summed E-state index contributed by atoms with van der Waals surface area (Å²) in [7, 11) is 0. The Balaban J connectivity index is 2.00. The first-order chi connectivity index (χ1) is 13.0. The van der Waals surface area contributed by atoms with Crippen LogP contribution in [0.1, 0.15) is 45.7 Å². The SMILES string of the molecule is CC(C)(C)OC(=O)Nc1ccc2c(c1)OC(C)(C)C(F)=C2c1ccc(F)cc1. The van der Waals surface area contributed by atoms with Gasteiger partial charge in [-0.1, -0.05) is 12.1 Å². The average molecular weight is 387 g/mol. The van der Waals surface area contributed by atoms with Gasteiger partial charge in [-0.25, -0.2) is 13.6 Å². The Kier molecular flexibility index (Phi) is 4.91. The molecule has 148 valence electrons. The Morgan fingerprint density at radius 2 is 1.71 bits per heavy atom. The largest absolute Gasteiger partial charge is 0.480 e. The number of anilines is 1. The molecule has 0 radical (unpaired) electrons. The molecular weight excluding hydrogens is 364 g/mol. The van der Waals surface area contributed by atoms with Gasteiger partial charge in [-0.2, -0.15) is 0 Å². The summed E-state index contributed by atoms with van der Waals surface area (Å²) in [5, 5.41) is 2.65. The zero-order valence-electron chi connectivity index (χ0n) is 16.5. The molecule has 2 aromatic carbocycles. The molecule has 3 rings (SSSR count). The van der Waals surface area contributed by atoms with Gasteiger partial charge in [-0.05, 0) is 64.4 Å². The van der Waals surface area contributed by atoms with Gasteiger partial charge in [0.15, 0.2) is 11.4 Å². The smallest absolute Gasteiger partial charge is 0.412 e. The van der Waals surface area contributed by atoms with Gasteiger partial charge in [0.05, 0.1) is 0 Å². The molecule has 1 heterocycles. The fourth-order valence-corrected chi connectivity index (χ4v) is 2.95. The highest BCUT2D eigenvalue weighted by molar-refractivity contribution is 5.89. The number of halogens is 2. The van der Waals surface area contributed by atoms with Crippen molar-refractivity contribution in [3.8, 4) is 5.75 Å². The number of rotatable bonds is 2. The number of nitrogens with one attached hydrogen (secondary N) is 1. The number of carbonyl (C=O) groups is 1. The van der Waals surface area contributed by atoms with E-state index in [1.807, 2.05) is 0 Å². The lowest BCUT2D eigenvalue weighted by molar-refractivity contribution is 0.0636. The summed E-state index contributed by atoms with van der Waals surface area (Å²) in [4.78, 5) is 12.0. The molecule has 0 spiro atoms. The van der Waals surface area contributed by atoms with Gasteiger partial charge in [0.25, 0.3) is 0 Å². The van der Waals surface area contributed by atoms with Gasteiger partial charge < -0.3 is 9.47 Å². The number of hydrogen-bond donors (Lipinski definition) is 1. The first kappa shape index (κ1) is 19.9. The van der Waals surface area contributed by atoms with Crippen LogP contribution >= 0.6 is 0 Å². The maximum atomic E-state index is 15.2. The lowest BCUT2D eigenvalue weighted by Gasteiger charge is -2.33. The van der Waals surface area contributed by atoms with E-state index < -0.39 is 28.9 Å². The van der Waals surface area contributed by atoms with Crippen molar-refractivity contribution in [2.24, 2.45) is 0 Å². The molecule has 0 saturated carbocycles. The van der Waals surface area contributed by atoms with Crippen LogP contribution in [0.15, 0.2) is 48.3 Å². The van der Waals surface area contributed by atoms with Crippen molar-refractivity contribution in [1.29, 1.82) is 0 Å². The standard InChI is InChI=1S/C22H23F2NO3/c1-21(2,3)28-20(26)25-15-10-11-16-17(12-15)27-22(4,5)19(24)18(16)13-6-8-14(23)9-7-13/h6-12H,1-5H3,(H,25,26). The Hall–Kier alpha value is -2.89. The lowest BCUT2D eigenvalue weighted by atomic mass is 9.88. The molecule has 0 unspecified atom stereocenters. The monoisotopic (exact) mass is 387 g/mol. The highest BCUT2D eigenvalue weighted by Gasteiger charge is 2.36. The fourth-order valence-electron chi connectivity index (χ4n) is 2.95. The van der Waals surface area contributed by atoms with Crippen molar-refractivity contribution in [2.75, 3.05) is 5.32 Å². The highest BCUT2D eigenvalue weighted by atomic mass is 19.1. The average Bonchev–Trinajstić information content (AvgIpc) is 2.55. The van der Waals surface area contributed by atoms with Crippen LogP contribution in [0.5, 0.6) is 5.75 Å². The molecule has 0 bridgehead atoms. The van der Waals surface area contributed by atoms with Gasteiger partial charge in [-0.15, -0.1) is 0 Å². The second-order valence-corrected chi connectivity index (χ2v) is 8.15. The summed E-state index contributed by atoms with van der Waals surface area (Å²) in [6.07, 6.45) is -0.594. The molecule has 1 aliphatic heterocycles. The maximum Gasteiger partial charge on any atom is 0.412 e. The van der Waals surface area contributed by atoms with Crippen molar-refractivity contribution in [2.45, 2.75) is 45.8 Å². The number of hydrogen-bond acceptors (Lipinski definition) is 3. The second-order valence-electron chi connectivity index (χ2n) is 8.15. The van der Waals surface area contributed by atoms with E-state index in [9.17, 15) is 9.18 Å². The van der Waals surface area contributed by atoms with Gasteiger partial charge in [0.1, 0.15) is 17.2 Å². The molecule has 6 heteroatoms. The van der Waals surface area contributed by atoms with Crippen molar-refractivity contribution in [1.82, 2.24) is 0 Å². The van der Waals surface area contributed by atoms with Gasteiger partial charge in [0, 0.05) is 22.9 Å². The molecule has 1 N–H and O–H groups in total. The Morgan fingerprint density at radius 3 is 2.32 bits per heavy atom. The Bertz CT molecular complexity index is 941. The minimum absolute atomic E-state index is 0.343. The number of amides is 1. The summed E-state index contributed by atoms with van der Waals surface area (Å²) in [6.45, 7) is 8.54. The van der Waals surface area contributed by atoms with Crippen LogP contribution in [0.25, 0.3) is 5.57 Å². The predicted octanol–water partition coefficient (Wildman–Crippen LogP) is 6.07. The van der Waals surface area contributed by atoms with Crippen molar-refractivity contribution >= 4 is 17.4 Å². The van der Waals surface area contributed by atoms with E-state index in [-0.39, 0.29) is 0 Å². The molecule has 4 nitrogen and oxygen atoms in total. The molecular formula is C22H23F2NO3. The summed E-state index contributed by atoms with van der Waals surface area (Å²) < 4.78 is 39.5. The molecule has 0 fully saturated rings. The third kappa shape index (κ3) is 4.16. The maximum absolute atomic E-state index is 15.2. The van der Waals surface area contributed by atoms with Crippen LogP contribution < -0.4 is 10.1 Å². The molecule has 0 atom stereocenters. The van der Waals surface area contributed by atoms with E-state index in [0.717, 1.165) is 0 Å². The minimum Gasteiger partial charge on any atom is -0.480 e. The number of fused-ring (bicyclic) bond motifs is 1. The molecule has 28 heavy (non-hydrogen) atoms. The summed E-state index contributed by atoms with van der Waals surface area (Å²) in [6, 6.07) is 10.6. The van der Waals surface area contributed by atoms with E-state index in [1.54, 1.807) is 52.8 Å². The second kappa shape index (κ2) is 6.93. The lowest BCUT2D eigenvalue weighted by Crippen LogP contribution is -2.33. The Labute approximate surface area is 163 Å². The van der Waals surface area contributed by atoms with Crippen LogP contribution in [0.4, 0.5) is 19.3 Å². The molecule has 0 aliphatic carbocycles. The minimum atomic E-state index is -1.21. The van der Waals surface area contributed by atoms with Crippen molar-refractivity contribution in [3.05, 3.63) is 65.2 Å². The third-order valence-electron chi connectivity index (χ3n) is 4.14. The predicted molar refractivity (Wildman–Crippen MR) is 105 cm³/mol. The number of benzene rings is 2. The summed E-state index contributed by atoms with van der Waals surface area (Å²) in [5.74, 6) is -0.424. The van der Waals surface area contributed by atoms with E-state index in [1.165, 1.54) is 24.3 Å². The van der Waals surface area contributed by atoms with Crippen LogP contribution in [-0.2, 0) is 4.74 Å². The van der Waals surface area contributed by atoms with Crippen LogP contribution in [0, 0.1) is 5.82 Å². The van der Waals surface area contributed by atoms with Crippen LogP contribution in [0.2, 0.25) is 0 Å². The molecule has 2 aromatic rings. The van der Waals surface area contributed by atoms with E-state index in [4.69, 9.17) is 9.47 Å². The van der Waals surface area contributed by atoms with Gasteiger partial charge >= 0.3 is 6.09 Å².